The lowest BCUT2D eigenvalue weighted by Gasteiger charge is -1.95. The summed E-state index contributed by atoms with van der Waals surface area (Å²) in [5.41, 5.74) is 0.308. The van der Waals surface area contributed by atoms with Crippen LogP contribution < -0.4 is 5.46 Å². The van der Waals surface area contributed by atoms with E-state index >= 15 is 0 Å². The Balaban J connectivity index is 3.15. The lowest BCUT2D eigenvalue weighted by molar-refractivity contribution is 0.111. The Morgan fingerprint density at radius 3 is 2.73 bits per heavy atom. The van der Waals surface area contributed by atoms with Gasteiger partial charge in [-0.1, -0.05) is 0 Å². The van der Waals surface area contributed by atoms with Gasteiger partial charge >= 0.3 is 7.12 Å². The van der Waals surface area contributed by atoms with Gasteiger partial charge in [0.15, 0.2) is 6.29 Å². The van der Waals surface area contributed by atoms with Crippen LogP contribution in [0.25, 0.3) is 0 Å². The van der Waals surface area contributed by atoms with E-state index in [1.54, 1.807) is 7.05 Å². The fourth-order valence-electron chi connectivity index (χ4n) is 0.807. The second-order valence-electron chi connectivity index (χ2n) is 2.10. The first-order valence-corrected chi connectivity index (χ1v) is 3.00. The number of aryl methyl sites for hydroxylation is 1. The maximum absolute atomic E-state index is 10.3. The van der Waals surface area contributed by atoms with Crippen LogP contribution in [0.5, 0.6) is 0 Å². The van der Waals surface area contributed by atoms with Crippen molar-refractivity contribution in [2.75, 3.05) is 0 Å². The van der Waals surface area contributed by atoms with Crippen molar-refractivity contribution in [1.29, 1.82) is 0 Å². The summed E-state index contributed by atoms with van der Waals surface area (Å²) in [5.74, 6) is 0. The average molecular weight is 154 g/mol. The van der Waals surface area contributed by atoms with E-state index in [9.17, 15) is 4.79 Å². The Hall–Kier alpha value is -1.14. The molecule has 58 valence electrons. The number of hydrogen-bond donors (Lipinski definition) is 2. The topological polar surface area (TPSA) is 75.3 Å². The number of hydrogen-bond acceptors (Lipinski definition) is 4. The molecular formula is C5H7BN2O3. The molecule has 0 aliphatic carbocycles. The molecular weight excluding hydrogens is 147 g/mol. The lowest BCUT2D eigenvalue weighted by atomic mass is 9.81. The molecule has 1 aromatic rings. The van der Waals surface area contributed by atoms with E-state index in [0.717, 1.165) is 0 Å². The zero-order chi connectivity index (χ0) is 8.43. The van der Waals surface area contributed by atoms with Gasteiger partial charge in [0.1, 0.15) is 5.69 Å². The van der Waals surface area contributed by atoms with E-state index in [2.05, 4.69) is 5.10 Å². The van der Waals surface area contributed by atoms with Gasteiger partial charge in [-0.2, -0.15) is 5.10 Å². The highest BCUT2D eigenvalue weighted by atomic mass is 16.4. The first-order valence-electron chi connectivity index (χ1n) is 3.00. The fraction of sp³-hybridized carbons (Fsp3) is 0.200. The van der Waals surface area contributed by atoms with Crippen LogP contribution in [-0.4, -0.2) is 33.2 Å². The Labute approximate surface area is 63.4 Å². The van der Waals surface area contributed by atoms with Crippen molar-refractivity contribution < 1.29 is 14.8 Å². The quantitative estimate of drug-likeness (QED) is 0.378. The van der Waals surface area contributed by atoms with Crippen LogP contribution in [0.4, 0.5) is 0 Å². The summed E-state index contributed by atoms with van der Waals surface area (Å²) in [4.78, 5) is 10.3. The van der Waals surface area contributed by atoms with E-state index in [-0.39, 0.29) is 11.2 Å². The van der Waals surface area contributed by atoms with E-state index in [1.165, 1.54) is 10.9 Å². The van der Waals surface area contributed by atoms with Crippen molar-refractivity contribution in [2.24, 2.45) is 7.05 Å². The summed E-state index contributed by atoms with van der Waals surface area (Å²) < 4.78 is 1.28. The molecule has 0 aromatic carbocycles. The minimum Gasteiger partial charge on any atom is -0.423 e. The largest absolute Gasteiger partial charge is 0.492 e. The van der Waals surface area contributed by atoms with Crippen molar-refractivity contribution in [1.82, 2.24) is 9.78 Å². The SMILES string of the molecule is Cn1ncc(B(O)O)c1C=O. The van der Waals surface area contributed by atoms with Crippen molar-refractivity contribution >= 4 is 18.9 Å². The highest BCUT2D eigenvalue weighted by Gasteiger charge is 2.18. The molecule has 1 rings (SSSR count). The van der Waals surface area contributed by atoms with E-state index in [0.29, 0.717) is 6.29 Å². The zero-order valence-electron chi connectivity index (χ0n) is 5.93. The van der Waals surface area contributed by atoms with Crippen molar-refractivity contribution in [2.45, 2.75) is 0 Å². The Morgan fingerprint density at radius 1 is 1.73 bits per heavy atom. The third-order valence-electron chi connectivity index (χ3n) is 1.40. The van der Waals surface area contributed by atoms with Crippen LogP contribution >= 0.6 is 0 Å². The molecule has 2 N–H and O–H groups in total. The van der Waals surface area contributed by atoms with Gasteiger partial charge in [0.25, 0.3) is 0 Å². The predicted molar refractivity (Wildman–Crippen MR) is 38.4 cm³/mol. The van der Waals surface area contributed by atoms with Gasteiger partial charge in [-0.15, -0.1) is 0 Å². The minimum absolute atomic E-state index is 0.127. The maximum Gasteiger partial charge on any atom is 0.492 e. The van der Waals surface area contributed by atoms with Crippen LogP contribution in [0.1, 0.15) is 10.5 Å². The lowest BCUT2D eigenvalue weighted by Crippen LogP contribution is -2.32. The Morgan fingerprint density at radius 2 is 2.36 bits per heavy atom. The molecule has 0 unspecified atom stereocenters. The number of nitrogens with zero attached hydrogens (tertiary/aromatic N) is 2. The fourth-order valence-corrected chi connectivity index (χ4v) is 0.807. The molecule has 0 saturated carbocycles. The molecule has 0 spiro atoms. The van der Waals surface area contributed by atoms with Crippen molar-refractivity contribution in [3.05, 3.63) is 11.9 Å². The van der Waals surface area contributed by atoms with Crippen molar-refractivity contribution in [3.8, 4) is 0 Å². The molecule has 0 aliphatic rings. The first kappa shape index (κ1) is 7.97. The van der Waals surface area contributed by atoms with Crippen LogP contribution in [0.15, 0.2) is 6.20 Å². The molecule has 0 bridgehead atoms. The normalized spacial score (nSPS) is 9.73. The van der Waals surface area contributed by atoms with E-state index < -0.39 is 7.12 Å². The monoisotopic (exact) mass is 154 g/mol. The maximum atomic E-state index is 10.3. The van der Waals surface area contributed by atoms with Gasteiger partial charge in [0.05, 0.1) is 0 Å². The second kappa shape index (κ2) is 2.85. The van der Waals surface area contributed by atoms with Gasteiger partial charge in [-0.3, -0.25) is 9.48 Å². The molecule has 5 nitrogen and oxygen atoms in total. The number of carbonyl (C=O) groups is 1. The summed E-state index contributed by atoms with van der Waals surface area (Å²) in [6.45, 7) is 0. The highest BCUT2D eigenvalue weighted by molar-refractivity contribution is 6.59. The number of rotatable bonds is 2. The smallest absolute Gasteiger partial charge is 0.423 e. The molecule has 0 saturated heterocycles. The van der Waals surface area contributed by atoms with Crippen LogP contribution in [0, 0.1) is 0 Å². The second-order valence-corrected chi connectivity index (χ2v) is 2.10. The number of aromatic nitrogens is 2. The summed E-state index contributed by atoms with van der Waals surface area (Å²) in [6.07, 6.45) is 1.77. The van der Waals surface area contributed by atoms with E-state index in [1.807, 2.05) is 0 Å². The summed E-state index contributed by atoms with van der Waals surface area (Å²) in [5, 5.41) is 21.1. The van der Waals surface area contributed by atoms with Crippen LogP contribution in [0.2, 0.25) is 0 Å². The van der Waals surface area contributed by atoms with E-state index in [4.69, 9.17) is 10.0 Å². The molecule has 11 heavy (non-hydrogen) atoms. The zero-order valence-corrected chi connectivity index (χ0v) is 5.93. The molecule has 0 atom stereocenters. The van der Waals surface area contributed by atoms with Gasteiger partial charge in [-0.25, -0.2) is 0 Å². The Bertz CT molecular complexity index is 271. The van der Waals surface area contributed by atoms with Crippen molar-refractivity contribution in [3.63, 3.8) is 0 Å². The highest BCUT2D eigenvalue weighted by Crippen LogP contribution is 1.89. The predicted octanol–water partition coefficient (Wildman–Crippen LogP) is -2.09. The van der Waals surface area contributed by atoms with Crippen LogP contribution in [-0.2, 0) is 7.05 Å². The molecule has 0 aliphatic heterocycles. The molecule has 0 fully saturated rings. The summed E-state index contributed by atoms with van der Waals surface area (Å²) in [7, 11) is -0.0841. The van der Waals surface area contributed by atoms with Gasteiger partial charge in [0, 0.05) is 18.7 Å². The minimum atomic E-state index is -1.64. The first-order chi connectivity index (χ1) is 5.16. The molecule has 0 amide bonds. The molecule has 1 aromatic heterocycles. The Kier molecular flexibility index (Phi) is 2.07. The summed E-state index contributed by atoms with van der Waals surface area (Å²) >= 11 is 0. The third-order valence-corrected chi connectivity index (χ3v) is 1.40. The van der Waals surface area contributed by atoms with Crippen LogP contribution in [0.3, 0.4) is 0 Å². The molecule has 1 heterocycles. The molecule has 6 heteroatoms. The van der Waals surface area contributed by atoms with Gasteiger partial charge in [-0.05, 0) is 0 Å². The summed E-state index contributed by atoms with van der Waals surface area (Å²) in [6, 6.07) is 0. The standard InChI is InChI=1S/C5H7BN2O3/c1-8-5(3-9)4(2-7-8)6(10)11/h2-3,10-11H,1H3. The number of aldehydes is 1. The van der Waals surface area contributed by atoms with Gasteiger partial charge in [0.2, 0.25) is 0 Å². The molecule has 0 radical (unpaired) electrons. The average Bonchev–Trinajstić information content (AvgIpc) is 2.30. The number of carbonyl (C=O) groups excluding carboxylic acids is 1. The third kappa shape index (κ3) is 1.31. The van der Waals surface area contributed by atoms with Gasteiger partial charge < -0.3 is 10.0 Å².